The Morgan fingerprint density at radius 2 is 2.16 bits per heavy atom. The van der Waals surface area contributed by atoms with Crippen molar-refractivity contribution >= 4 is 43.5 Å². The molecule has 0 spiro atoms. The minimum atomic E-state index is -0.359. The molecule has 104 valence electrons. The molecule has 0 saturated heterocycles. The smallest absolute Gasteiger partial charge is 0.242 e. The van der Waals surface area contributed by atoms with Crippen LogP contribution < -0.4 is 15.4 Å². The molecule has 1 atom stereocenters. The fourth-order valence-corrected chi connectivity index (χ4v) is 2.69. The van der Waals surface area contributed by atoms with Gasteiger partial charge < -0.3 is 15.4 Å². The van der Waals surface area contributed by atoms with E-state index in [4.69, 9.17) is 4.74 Å². The molecule has 2 N–H and O–H groups in total. The zero-order valence-electron chi connectivity index (χ0n) is 10.8. The average Bonchev–Trinajstić information content (AvgIpc) is 2.38. The Labute approximate surface area is 129 Å². The first-order valence-electron chi connectivity index (χ1n) is 5.67. The van der Waals surface area contributed by atoms with Crippen LogP contribution in [0.15, 0.2) is 33.7 Å². The lowest BCUT2D eigenvalue weighted by Crippen LogP contribution is -2.37. The van der Waals surface area contributed by atoms with Gasteiger partial charge in [0.1, 0.15) is 11.8 Å². The Balaban J connectivity index is 2.81. The van der Waals surface area contributed by atoms with Gasteiger partial charge in [-0.3, -0.25) is 4.79 Å². The zero-order valence-corrected chi connectivity index (χ0v) is 14.0. The van der Waals surface area contributed by atoms with Gasteiger partial charge in [-0.1, -0.05) is 6.08 Å². The van der Waals surface area contributed by atoms with Crippen LogP contribution in [-0.4, -0.2) is 25.6 Å². The van der Waals surface area contributed by atoms with Gasteiger partial charge in [-0.15, -0.1) is 6.58 Å². The molecule has 4 nitrogen and oxygen atoms in total. The number of methoxy groups -OCH3 is 1. The molecule has 6 heteroatoms. The summed E-state index contributed by atoms with van der Waals surface area (Å²) in [6, 6.07) is 3.34. The van der Waals surface area contributed by atoms with Crippen LogP contribution in [0.5, 0.6) is 5.75 Å². The maximum atomic E-state index is 11.8. The lowest BCUT2D eigenvalue weighted by molar-refractivity contribution is -0.121. The van der Waals surface area contributed by atoms with Crippen LogP contribution >= 0.6 is 31.9 Å². The topological polar surface area (TPSA) is 50.4 Å². The Morgan fingerprint density at radius 3 is 2.74 bits per heavy atom. The van der Waals surface area contributed by atoms with Crippen LogP contribution in [-0.2, 0) is 4.79 Å². The second-order valence-electron chi connectivity index (χ2n) is 3.87. The van der Waals surface area contributed by atoms with Gasteiger partial charge in [-0.2, -0.15) is 0 Å². The predicted molar refractivity (Wildman–Crippen MR) is 84.7 cm³/mol. The molecule has 1 rings (SSSR count). The third kappa shape index (κ3) is 4.54. The summed E-state index contributed by atoms with van der Waals surface area (Å²) >= 11 is 6.84. The number of carbonyl (C=O) groups is 1. The summed E-state index contributed by atoms with van der Waals surface area (Å²) in [7, 11) is 1.60. The van der Waals surface area contributed by atoms with E-state index < -0.39 is 0 Å². The normalized spacial score (nSPS) is 11.6. The number of anilines is 1. The second-order valence-corrected chi connectivity index (χ2v) is 5.58. The number of benzene rings is 1. The molecule has 0 fully saturated rings. The Kier molecular flexibility index (Phi) is 6.37. The molecule has 1 amide bonds. The largest absolute Gasteiger partial charge is 0.495 e. The maximum Gasteiger partial charge on any atom is 0.242 e. The molecular weight excluding hydrogens is 376 g/mol. The molecule has 0 aliphatic carbocycles. The minimum Gasteiger partial charge on any atom is -0.495 e. The Morgan fingerprint density at radius 1 is 1.47 bits per heavy atom. The molecule has 0 bridgehead atoms. The van der Waals surface area contributed by atoms with Crippen molar-refractivity contribution in [3.8, 4) is 5.75 Å². The van der Waals surface area contributed by atoms with Crippen molar-refractivity contribution in [1.82, 2.24) is 5.32 Å². The lowest BCUT2D eigenvalue weighted by Gasteiger charge is -2.17. The first-order valence-corrected chi connectivity index (χ1v) is 7.26. The number of nitrogens with one attached hydrogen (secondary N) is 2. The van der Waals surface area contributed by atoms with Crippen molar-refractivity contribution in [2.75, 3.05) is 19.0 Å². The Bertz CT molecular complexity index is 478. The third-order valence-electron chi connectivity index (χ3n) is 2.43. The summed E-state index contributed by atoms with van der Waals surface area (Å²) in [6.45, 7) is 5.80. The van der Waals surface area contributed by atoms with Crippen molar-refractivity contribution in [2.45, 2.75) is 13.0 Å². The van der Waals surface area contributed by atoms with E-state index in [1.54, 1.807) is 20.1 Å². The van der Waals surface area contributed by atoms with Gasteiger partial charge in [0.2, 0.25) is 5.91 Å². The van der Waals surface area contributed by atoms with E-state index >= 15 is 0 Å². The van der Waals surface area contributed by atoms with Gasteiger partial charge in [-0.25, -0.2) is 0 Å². The first-order chi connectivity index (χ1) is 8.99. The molecule has 0 aromatic heterocycles. The highest BCUT2D eigenvalue weighted by Crippen LogP contribution is 2.34. The SMILES string of the molecule is C=CCNC(=O)C(C)Nc1cc(OC)c(Br)cc1Br. The summed E-state index contributed by atoms with van der Waals surface area (Å²) in [6.07, 6.45) is 1.64. The average molecular weight is 392 g/mol. The van der Waals surface area contributed by atoms with Gasteiger partial charge in [0.25, 0.3) is 0 Å². The van der Waals surface area contributed by atoms with Crippen molar-refractivity contribution < 1.29 is 9.53 Å². The van der Waals surface area contributed by atoms with Crippen LogP contribution in [0.3, 0.4) is 0 Å². The number of amides is 1. The van der Waals surface area contributed by atoms with E-state index in [9.17, 15) is 4.79 Å². The first kappa shape index (κ1) is 16.0. The zero-order chi connectivity index (χ0) is 14.4. The fraction of sp³-hybridized carbons (Fsp3) is 0.308. The van der Waals surface area contributed by atoms with Gasteiger partial charge in [0.05, 0.1) is 17.3 Å². The van der Waals surface area contributed by atoms with Gasteiger partial charge >= 0.3 is 0 Å². The summed E-state index contributed by atoms with van der Waals surface area (Å²) in [4.78, 5) is 11.8. The highest BCUT2D eigenvalue weighted by atomic mass is 79.9. The molecular formula is C13H16Br2N2O2. The molecule has 0 aliphatic heterocycles. The van der Waals surface area contributed by atoms with Crippen molar-refractivity contribution in [3.63, 3.8) is 0 Å². The number of hydrogen-bond donors (Lipinski definition) is 2. The van der Waals surface area contributed by atoms with Crippen LogP contribution in [0.2, 0.25) is 0 Å². The summed E-state index contributed by atoms with van der Waals surface area (Å²) in [5, 5.41) is 5.86. The standard InChI is InChI=1S/C13H16Br2N2O2/c1-4-5-16-13(18)8(2)17-11-7-12(19-3)10(15)6-9(11)14/h4,6-8,17H,1,5H2,2-3H3,(H,16,18). The van der Waals surface area contributed by atoms with Crippen molar-refractivity contribution in [2.24, 2.45) is 0 Å². The predicted octanol–water partition coefficient (Wildman–Crippen LogP) is 3.32. The van der Waals surface area contributed by atoms with E-state index in [-0.39, 0.29) is 11.9 Å². The molecule has 0 saturated carbocycles. The highest BCUT2D eigenvalue weighted by Gasteiger charge is 2.14. The Hall–Kier alpha value is -1.01. The van der Waals surface area contributed by atoms with E-state index in [1.807, 2.05) is 12.1 Å². The number of halogens is 2. The molecule has 0 heterocycles. The van der Waals surface area contributed by atoms with E-state index in [2.05, 4.69) is 49.1 Å². The molecule has 1 unspecified atom stereocenters. The monoisotopic (exact) mass is 390 g/mol. The molecule has 1 aromatic rings. The third-order valence-corrected chi connectivity index (χ3v) is 3.70. The van der Waals surface area contributed by atoms with Gasteiger partial charge in [0, 0.05) is 17.1 Å². The summed E-state index contributed by atoms with van der Waals surface area (Å²) < 4.78 is 6.92. The quantitative estimate of drug-likeness (QED) is 0.731. The van der Waals surface area contributed by atoms with E-state index in [0.29, 0.717) is 12.3 Å². The highest BCUT2D eigenvalue weighted by molar-refractivity contribution is 9.11. The van der Waals surface area contributed by atoms with Gasteiger partial charge in [-0.05, 0) is 44.8 Å². The fourth-order valence-electron chi connectivity index (χ4n) is 1.42. The van der Waals surface area contributed by atoms with Crippen LogP contribution in [0.1, 0.15) is 6.92 Å². The summed E-state index contributed by atoms with van der Waals surface area (Å²) in [5.41, 5.74) is 0.793. The van der Waals surface area contributed by atoms with Crippen LogP contribution in [0.4, 0.5) is 5.69 Å². The number of ether oxygens (including phenoxy) is 1. The molecule has 1 aromatic carbocycles. The van der Waals surface area contributed by atoms with Crippen LogP contribution in [0.25, 0.3) is 0 Å². The summed E-state index contributed by atoms with van der Waals surface area (Å²) in [5.74, 6) is 0.609. The van der Waals surface area contributed by atoms with Crippen molar-refractivity contribution in [3.05, 3.63) is 33.7 Å². The molecule has 0 radical (unpaired) electrons. The van der Waals surface area contributed by atoms with Crippen LogP contribution in [0, 0.1) is 0 Å². The molecule has 0 aliphatic rings. The number of carbonyl (C=O) groups excluding carboxylic acids is 1. The number of hydrogen-bond acceptors (Lipinski definition) is 3. The number of rotatable bonds is 6. The van der Waals surface area contributed by atoms with Crippen molar-refractivity contribution in [1.29, 1.82) is 0 Å². The van der Waals surface area contributed by atoms with E-state index in [0.717, 1.165) is 14.6 Å². The second kappa shape index (κ2) is 7.55. The van der Waals surface area contributed by atoms with E-state index in [1.165, 1.54) is 0 Å². The lowest BCUT2D eigenvalue weighted by atomic mass is 10.2. The maximum absolute atomic E-state index is 11.8. The molecule has 19 heavy (non-hydrogen) atoms. The van der Waals surface area contributed by atoms with Gasteiger partial charge in [0.15, 0.2) is 0 Å². The minimum absolute atomic E-state index is 0.0892.